The highest BCUT2D eigenvalue weighted by molar-refractivity contribution is 6.01. The van der Waals surface area contributed by atoms with Gasteiger partial charge in [-0.1, -0.05) is 6.92 Å². The number of aromatic hydroxyl groups is 1. The average Bonchev–Trinajstić information content (AvgIpc) is 2.76. The SMILES string of the molecule is CC[C@]1(Nc2nnc(-c3ccc(C#N)cc3O)c3ccncc23)CCCNC1=O. The molecule has 0 unspecified atom stereocenters. The van der Waals surface area contributed by atoms with Gasteiger partial charge in [0.25, 0.3) is 0 Å². The van der Waals surface area contributed by atoms with E-state index >= 15 is 0 Å². The van der Waals surface area contributed by atoms with E-state index in [4.69, 9.17) is 5.26 Å². The first-order valence-electron chi connectivity index (χ1n) is 9.48. The van der Waals surface area contributed by atoms with E-state index in [0.29, 0.717) is 47.4 Å². The van der Waals surface area contributed by atoms with Gasteiger partial charge >= 0.3 is 0 Å². The van der Waals surface area contributed by atoms with Gasteiger partial charge in [0.1, 0.15) is 17.0 Å². The number of amides is 1. The Balaban J connectivity index is 1.83. The van der Waals surface area contributed by atoms with Gasteiger partial charge in [0.05, 0.1) is 11.6 Å². The second-order valence-corrected chi connectivity index (χ2v) is 7.08. The maximum atomic E-state index is 12.6. The molecule has 1 amide bonds. The first kappa shape index (κ1) is 18.6. The minimum absolute atomic E-state index is 0.0427. The summed E-state index contributed by atoms with van der Waals surface area (Å²) in [4.78, 5) is 16.8. The number of aromatic nitrogens is 3. The quantitative estimate of drug-likeness (QED) is 0.628. The van der Waals surface area contributed by atoms with Crippen LogP contribution >= 0.6 is 0 Å². The maximum Gasteiger partial charge on any atom is 0.245 e. The van der Waals surface area contributed by atoms with Crippen LogP contribution < -0.4 is 10.6 Å². The molecule has 0 aliphatic carbocycles. The Morgan fingerprint density at radius 2 is 2.17 bits per heavy atom. The lowest BCUT2D eigenvalue weighted by Gasteiger charge is -2.36. The van der Waals surface area contributed by atoms with E-state index in [-0.39, 0.29) is 11.7 Å². The molecule has 29 heavy (non-hydrogen) atoms. The Kier molecular flexibility index (Phi) is 4.72. The number of phenols is 1. The monoisotopic (exact) mass is 388 g/mol. The average molecular weight is 388 g/mol. The molecular weight excluding hydrogens is 368 g/mol. The highest BCUT2D eigenvalue weighted by Crippen LogP contribution is 2.36. The van der Waals surface area contributed by atoms with Crippen molar-refractivity contribution in [2.75, 3.05) is 11.9 Å². The summed E-state index contributed by atoms with van der Waals surface area (Å²) in [5.74, 6) is 0.386. The van der Waals surface area contributed by atoms with Crippen LogP contribution in [0.3, 0.4) is 0 Å². The van der Waals surface area contributed by atoms with Gasteiger partial charge in [-0.25, -0.2) is 0 Å². The molecule has 0 radical (unpaired) electrons. The van der Waals surface area contributed by atoms with Gasteiger partial charge in [0.15, 0.2) is 5.82 Å². The molecule has 1 saturated heterocycles. The molecule has 2 aromatic heterocycles. The summed E-state index contributed by atoms with van der Waals surface area (Å²) in [7, 11) is 0. The van der Waals surface area contributed by atoms with Crippen molar-refractivity contribution in [3.8, 4) is 23.1 Å². The van der Waals surface area contributed by atoms with E-state index in [0.717, 1.165) is 11.8 Å². The fourth-order valence-corrected chi connectivity index (χ4v) is 3.74. The fourth-order valence-electron chi connectivity index (χ4n) is 3.74. The highest BCUT2D eigenvalue weighted by atomic mass is 16.3. The van der Waals surface area contributed by atoms with Crippen LogP contribution in [0.25, 0.3) is 22.0 Å². The number of benzene rings is 1. The van der Waals surface area contributed by atoms with Crippen molar-refractivity contribution in [1.29, 1.82) is 5.26 Å². The molecular formula is C21H20N6O2. The highest BCUT2D eigenvalue weighted by Gasteiger charge is 2.39. The summed E-state index contributed by atoms with van der Waals surface area (Å²) >= 11 is 0. The van der Waals surface area contributed by atoms with Gasteiger partial charge in [-0.3, -0.25) is 9.78 Å². The largest absolute Gasteiger partial charge is 0.507 e. The molecule has 1 aliphatic heterocycles. The molecule has 1 fully saturated rings. The van der Waals surface area contributed by atoms with E-state index in [1.807, 2.05) is 13.0 Å². The number of nitrogens with zero attached hydrogens (tertiary/aromatic N) is 4. The number of pyridine rings is 1. The molecule has 3 heterocycles. The van der Waals surface area contributed by atoms with Gasteiger partial charge in [0, 0.05) is 35.3 Å². The number of hydrogen-bond acceptors (Lipinski definition) is 7. The molecule has 3 N–H and O–H groups in total. The predicted molar refractivity (Wildman–Crippen MR) is 108 cm³/mol. The van der Waals surface area contributed by atoms with Crippen LogP contribution in [0.1, 0.15) is 31.7 Å². The smallest absolute Gasteiger partial charge is 0.245 e. The number of carbonyl (C=O) groups is 1. The van der Waals surface area contributed by atoms with Crippen molar-refractivity contribution in [3.63, 3.8) is 0 Å². The van der Waals surface area contributed by atoms with Crippen LogP contribution in [0, 0.1) is 11.3 Å². The number of hydrogen-bond donors (Lipinski definition) is 3. The number of carbonyl (C=O) groups excluding carboxylic acids is 1. The van der Waals surface area contributed by atoms with E-state index in [1.54, 1.807) is 30.6 Å². The molecule has 146 valence electrons. The Hall–Kier alpha value is -3.73. The molecule has 4 rings (SSSR count). The number of nitriles is 1. The molecule has 0 saturated carbocycles. The van der Waals surface area contributed by atoms with Crippen molar-refractivity contribution < 1.29 is 9.90 Å². The Labute approximate surface area is 167 Å². The zero-order valence-electron chi connectivity index (χ0n) is 15.9. The Morgan fingerprint density at radius 1 is 1.31 bits per heavy atom. The minimum atomic E-state index is -0.742. The molecule has 3 aromatic rings. The standard InChI is InChI=1S/C21H20N6O2/c1-2-21(7-3-8-24-20(21)29)25-19-16-12-23-9-6-14(16)18(26-27-19)15-5-4-13(11-22)10-17(15)28/h4-6,9-10,12,28H,2-3,7-8H2,1H3,(H,24,29)(H,25,27)/t21-/m0/s1. The van der Waals surface area contributed by atoms with Crippen LogP contribution in [0.15, 0.2) is 36.7 Å². The third kappa shape index (κ3) is 3.21. The van der Waals surface area contributed by atoms with Gasteiger partial charge in [-0.05, 0) is 43.5 Å². The van der Waals surface area contributed by atoms with Crippen LogP contribution in [-0.4, -0.2) is 38.3 Å². The lowest BCUT2D eigenvalue weighted by atomic mass is 9.86. The van der Waals surface area contributed by atoms with Crippen LogP contribution in [0.2, 0.25) is 0 Å². The summed E-state index contributed by atoms with van der Waals surface area (Å²) in [6.07, 6.45) is 5.51. The molecule has 0 bridgehead atoms. The molecule has 1 aromatic carbocycles. The van der Waals surface area contributed by atoms with Gasteiger partial charge in [-0.15, -0.1) is 10.2 Å². The molecule has 1 atom stereocenters. The molecule has 8 heteroatoms. The van der Waals surface area contributed by atoms with Crippen LogP contribution in [-0.2, 0) is 4.79 Å². The number of fused-ring (bicyclic) bond motifs is 1. The lowest BCUT2D eigenvalue weighted by Crippen LogP contribution is -2.56. The summed E-state index contributed by atoms with van der Waals surface area (Å²) in [5, 5.41) is 35.7. The lowest BCUT2D eigenvalue weighted by molar-refractivity contribution is -0.127. The minimum Gasteiger partial charge on any atom is -0.507 e. The Morgan fingerprint density at radius 3 is 2.90 bits per heavy atom. The predicted octanol–water partition coefficient (Wildman–Crippen LogP) is 2.74. The number of phenolic OH excluding ortho intramolecular Hbond substituents is 1. The third-order valence-corrected chi connectivity index (χ3v) is 5.43. The molecule has 8 nitrogen and oxygen atoms in total. The van der Waals surface area contributed by atoms with E-state index in [9.17, 15) is 9.90 Å². The summed E-state index contributed by atoms with van der Waals surface area (Å²) < 4.78 is 0. The second-order valence-electron chi connectivity index (χ2n) is 7.08. The van der Waals surface area contributed by atoms with E-state index < -0.39 is 5.54 Å². The topological polar surface area (TPSA) is 124 Å². The fraction of sp³-hybridized carbons (Fsp3) is 0.286. The normalized spacial score (nSPS) is 18.8. The van der Waals surface area contributed by atoms with E-state index in [2.05, 4.69) is 25.8 Å². The third-order valence-electron chi connectivity index (χ3n) is 5.43. The van der Waals surface area contributed by atoms with Crippen LogP contribution in [0.5, 0.6) is 5.75 Å². The first-order chi connectivity index (χ1) is 14.1. The van der Waals surface area contributed by atoms with Crippen molar-refractivity contribution in [2.45, 2.75) is 31.7 Å². The zero-order chi connectivity index (χ0) is 20.4. The molecule has 0 spiro atoms. The summed E-state index contributed by atoms with van der Waals surface area (Å²) in [5.41, 5.74) is 0.568. The first-order valence-corrected chi connectivity index (χ1v) is 9.48. The van der Waals surface area contributed by atoms with Crippen molar-refractivity contribution in [2.24, 2.45) is 0 Å². The van der Waals surface area contributed by atoms with Crippen LogP contribution in [0.4, 0.5) is 5.82 Å². The number of piperidine rings is 1. The van der Waals surface area contributed by atoms with Crippen molar-refractivity contribution in [1.82, 2.24) is 20.5 Å². The summed E-state index contributed by atoms with van der Waals surface area (Å²) in [6, 6.07) is 8.46. The number of nitrogens with one attached hydrogen (secondary N) is 2. The second kappa shape index (κ2) is 7.36. The summed E-state index contributed by atoms with van der Waals surface area (Å²) in [6.45, 7) is 2.64. The van der Waals surface area contributed by atoms with Gasteiger partial charge in [0.2, 0.25) is 5.91 Å². The van der Waals surface area contributed by atoms with Gasteiger partial charge < -0.3 is 15.7 Å². The molecule has 1 aliphatic rings. The number of rotatable bonds is 4. The zero-order valence-corrected chi connectivity index (χ0v) is 15.9. The van der Waals surface area contributed by atoms with Crippen molar-refractivity contribution in [3.05, 3.63) is 42.2 Å². The number of anilines is 1. The van der Waals surface area contributed by atoms with Crippen molar-refractivity contribution >= 4 is 22.5 Å². The maximum absolute atomic E-state index is 12.6. The van der Waals surface area contributed by atoms with E-state index in [1.165, 1.54) is 6.07 Å². The van der Waals surface area contributed by atoms with Gasteiger partial charge in [-0.2, -0.15) is 5.26 Å². The Bertz CT molecular complexity index is 1140.